The van der Waals surface area contributed by atoms with Gasteiger partial charge in [0.2, 0.25) is 10.0 Å². The summed E-state index contributed by atoms with van der Waals surface area (Å²) < 4.78 is 32.1. The number of piperidine rings is 1. The van der Waals surface area contributed by atoms with Gasteiger partial charge in [-0.15, -0.1) is 0 Å². The minimum atomic E-state index is -3.47. The molecule has 1 amide bonds. The molecular formula is C20H26N2O4S. The van der Waals surface area contributed by atoms with Crippen LogP contribution in [0.25, 0.3) is 0 Å². The fourth-order valence-electron chi connectivity index (χ4n) is 3.23. The Morgan fingerprint density at radius 3 is 2.48 bits per heavy atom. The molecule has 2 aromatic rings. The molecule has 2 heterocycles. The molecule has 1 N–H and O–H groups in total. The molecule has 1 aromatic heterocycles. The van der Waals surface area contributed by atoms with E-state index in [-0.39, 0.29) is 16.8 Å². The summed E-state index contributed by atoms with van der Waals surface area (Å²) in [6, 6.07) is 9.93. The van der Waals surface area contributed by atoms with Crippen LogP contribution in [0.2, 0.25) is 0 Å². The van der Waals surface area contributed by atoms with Crippen LogP contribution in [0.4, 0.5) is 0 Å². The number of amides is 1. The quantitative estimate of drug-likeness (QED) is 0.787. The summed E-state index contributed by atoms with van der Waals surface area (Å²) in [5.41, 5.74) is 0.456. The van der Waals surface area contributed by atoms with Gasteiger partial charge >= 0.3 is 0 Å². The van der Waals surface area contributed by atoms with Crippen molar-refractivity contribution in [2.45, 2.75) is 50.0 Å². The Kier molecular flexibility index (Phi) is 6.34. The van der Waals surface area contributed by atoms with Crippen molar-refractivity contribution in [1.82, 2.24) is 9.62 Å². The summed E-state index contributed by atoms with van der Waals surface area (Å²) >= 11 is 0. The summed E-state index contributed by atoms with van der Waals surface area (Å²) in [5.74, 6) is 0.687. The molecule has 146 valence electrons. The summed E-state index contributed by atoms with van der Waals surface area (Å²) in [7, 11) is -3.47. The van der Waals surface area contributed by atoms with Gasteiger partial charge in [-0.25, -0.2) is 8.42 Å². The van der Waals surface area contributed by atoms with Gasteiger partial charge in [-0.3, -0.25) is 4.79 Å². The Morgan fingerprint density at radius 2 is 1.85 bits per heavy atom. The second kappa shape index (κ2) is 8.71. The third-order valence-corrected chi connectivity index (χ3v) is 6.76. The molecule has 1 atom stereocenters. The maximum atomic E-state index is 12.7. The van der Waals surface area contributed by atoms with E-state index in [0.717, 1.165) is 37.9 Å². The Hall–Kier alpha value is -2.12. The maximum absolute atomic E-state index is 12.7. The summed E-state index contributed by atoms with van der Waals surface area (Å²) in [5, 5.41) is 2.94. The first kappa shape index (κ1) is 19.6. The van der Waals surface area contributed by atoms with Gasteiger partial charge in [0.05, 0.1) is 11.2 Å². The number of hydrogen-bond donors (Lipinski definition) is 1. The minimum Gasteiger partial charge on any atom is -0.469 e. The zero-order chi connectivity index (χ0) is 19.3. The highest BCUT2D eigenvalue weighted by Gasteiger charge is 2.26. The summed E-state index contributed by atoms with van der Waals surface area (Å²) in [6.45, 7) is 3.07. The van der Waals surface area contributed by atoms with Gasteiger partial charge in [-0.2, -0.15) is 4.31 Å². The van der Waals surface area contributed by atoms with Gasteiger partial charge in [0, 0.05) is 31.1 Å². The first-order chi connectivity index (χ1) is 13.0. The lowest BCUT2D eigenvalue weighted by molar-refractivity contribution is 0.0938. The zero-order valence-corrected chi connectivity index (χ0v) is 16.4. The van der Waals surface area contributed by atoms with Crippen LogP contribution in [-0.2, 0) is 16.4 Å². The molecule has 0 bridgehead atoms. The largest absolute Gasteiger partial charge is 0.469 e. The van der Waals surface area contributed by atoms with Crippen LogP contribution < -0.4 is 5.32 Å². The van der Waals surface area contributed by atoms with E-state index in [1.807, 2.05) is 19.1 Å². The average molecular weight is 391 g/mol. The predicted octanol–water partition coefficient (Wildman–Crippen LogP) is 3.21. The second-order valence-corrected chi connectivity index (χ2v) is 8.92. The fourth-order valence-corrected chi connectivity index (χ4v) is 4.74. The number of sulfonamides is 1. The molecule has 1 aliphatic heterocycles. The van der Waals surface area contributed by atoms with E-state index in [2.05, 4.69) is 5.32 Å². The number of benzene rings is 1. The number of nitrogens with zero attached hydrogens (tertiary/aromatic N) is 1. The van der Waals surface area contributed by atoms with E-state index in [4.69, 9.17) is 4.42 Å². The van der Waals surface area contributed by atoms with Crippen LogP contribution in [0.5, 0.6) is 0 Å². The van der Waals surface area contributed by atoms with Gasteiger partial charge in [0.25, 0.3) is 5.91 Å². The lowest BCUT2D eigenvalue weighted by Crippen LogP contribution is -2.35. The highest BCUT2D eigenvalue weighted by molar-refractivity contribution is 7.89. The number of carbonyl (C=O) groups excluding carboxylic acids is 1. The standard InChI is InChI=1S/C20H26N2O4S/c1-16(7-10-18-6-5-15-26-18)21-20(23)17-8-11-19(12-9-17)27(24,25)22-13-3-2-4-14-22/h5-6,8-9,11-12,15-16H,2-4,7,10,13-14H2,1H3,(H,21,23)/t16-/m1/s1. The second-order valence-electron chi connectivity index (χ2n) is 6.98. The molecule has 1 aliphatic rings. The van der Waals surface area contributed by atoms with Gasteiger partial charge < -0.3 is 9.73 Å². The van der Waals surface area contributed by atoms with Crippen LogP contribution in [0.3, 0.4) is 0 Å². The van der Waals surface area contributed by atoms with E-state index in [0.29, 0.717) is 18.7 Å². The van der Waals surface area contributed by atoms with Gasteiger partial charge in [-0.05, 0) is 62.6 Å². The van der Waals surface area contributed by atoms with Crippen LogP contribution in [0.15, 0.2) is 52.0 Å². The molecule has 3 rings (SSSR count). The maximum Gasteiger partial charge on any atom is 0.251 e. The van der Waals surface area contributed by atoms with Crippen LogP contribution in [-0.4, -0.2) is 37.8 Å². The van der Waals surface area contributed by atoms with Crippen molar-refractivity contribution in [2.75, 3.05) is 13.1 Å². The third-order valence-electron chi connectivity index (χ3n) is 4.85. The van der Waals surface area contributed by atoms with Crippen molar-refractivity contribution in [3.63, 3.8) is 0 Å². The molecule has 0 spiro atoms. The van der Waals surface area contributed by atoms with Crippen molar-refractivity contribution in [2.24, 2.45) is 0 Å². The first-order valence-corrected chi connectivity index (χ1v) is 10.8. The number of aryl methyl sites for hydroxylation is 1. The molecule has 0 radical (unpaired) electrons. The molecule has 1 saturated heterocycles. The molecule has 0 aliphatic carbocycles. The van der Waals surface area contributed by atoms with Crippen molar-refractivity contribution in [3.05, 3.63) is 54.0 Å². The SMILES string of the molecule is C[C@H](CCc1ccco1)NC(=O)c1ccc(S(=O)(=O)N2CCCCC2)cc1. The monoisotopic (exact) mass is 390 g/mol. The first-order valence-electron chi connectivity index (χ1n) is 9.40. The van der Waals surface area contributed by atoms with Gasteiger partial charge in [0.15, 0.2) is 0 Å². The Morgan fingerprint density at radius 1 is 1.15 bits per heavy atom. The molecule has 0 saturated carbocycles. The van der Waals surface area contributed by atoms with E-state index in [1.165, 1.54) is 16.4 Å². The zero-order valence-electron chi connectivity index (χ0n) is 15.6. The molecular weight excluding hydrogens is 364 g/mol. The Balaban J connectivity index is 1.58. The molecule has 0 unspecified atom stereocenters. The Labute approximate surface area is 160 Å². The number of nitrogens with one attached hydrogen (secondary N) is 1. The molecule has 1 aromatic carbocycles. The predicted molar refractivity (Wildman–Crippen MR) is 103 cm³/mol. The fraction of sp³-hybridized carbons (Fsp3) is 0.450. The summed E-state index contributed by atoms with van der Waals surface area (Å²) in [4.78, 5) is 12.6. The normalized spacial score (nSPS) is 16.8. The van der Waals surface area contributed by atoms with Crippen molar-refractivity contribution < 1.29 is 17.6 Å². The summed E-state index contributed by atoms with van der Waals surface area (Å²) in [6.07, 6.45) is 6.02. The lowest BCUT2D eigenvalue weighted by atomic mass is 10.1. The molecule has 7 heteroatoms. The van der Waals surface area contributed by atoms with E-state index in [9.17, 15) is 13.2 Å². The smallest absolute Gasteiger partial charge is 0.251 e. The number of rotatable bonds is 7. The molecule has 27 heavy (non-hydrogen) atoms. The number of carbonyl (C=O) groups is 1. The van der Waals surface area contributed by atoms with Crippen molar-refractivity contribution in [1.29, 1.82) is 0 Å². The highest BCUT2D eigenvalue weighted by Crippen LogP contribution is 2.21. The Bertz CT molecular complexity index is 839. The average Bonchev–Trinajstić information content (AvgIpc) is 3.21. The third kappa shape index (κ3) is 4.99. The highest BCUT2D eigenvalue weighted by atomic mass is 32.2. The van der Waals surface area contributed by atoms with E-state index < -0.39 is 10.0 Å². The van der Waals surface area contributed by atoms with Crippen LogP contribution in [0.1, 0.15) is 48.7 Å². The van der Waals surface area contributed by atoms with E-state index in [1.54, 1.807) is 18.4 Å². The topological polar surface area (TPSA) is 79.6 Å². The van der Waals surface area contributed by atoms with Crippen LogP contribution >= 0.6 is 0 Å². The van der Waals surface area contributed by atoms with Crippen molar-refractivity contribution >= 4 is 15.9 Å². The minimum absolute atomic E-state index is 0.0145. The number of furan rings is 1. The van der Waals surface area contributed by atoms with Crippen molar-refractivity contribution in [3.8, 4) is 0 Å². The lowest BCUT2D eigenvalue weighted by Gasteiger charge is -2.25. The van der Waals surface area contributed by atoms with Crippen LogP contribution in [0, 0.1) is 0 Å². The van der Waals surface area contributed by atoms with Gasteiger partial charge in [-0.1, -0.05) is 6.42 Å². The molecule has 6 nitrogen and oxygen atoms in total. The number of hydrogen-bond acceptors (Lipinski definition) is 4. The van der Waals surface area contributed by atoms with Gasteiger partial charge in [0.1, 0.15) is 5.76 Å². The van der Waals surface area contributed by atoms with E-state index >= 15 is 0 Å². The molecule has 1 fully saturated rings.